The molecule has 0 radical (unpaired) electrons. The molecule has 0 aliphatic heterocycles. The third kappa shape index (κ3) is 2.33. The highest BCUT2D eigenvalue weighted by Gasteiger charge is 2.39. The smallest absolute Gasteiger partial charge is 0.296 e. The molecule has 0 saturated carbocycles. The lowest BCUT2D eigenvalue weighted by Crippen LogP contribution is -2.32. The van der Waals surface area contributed by atoms with Crippen molar-refractivity contribution >= 4 is 26.0 Å². The van der Waals surface area contributed by atoms with Gasteiger partial charge in [-0.3, -0.25) is 13.9 Å². The molecule has 0 aromatic carbocycles. The molecule has 0 saturated heterocycles. The van der Waals surface area contributed by atoms with Gasteiger partial charge in [-0.15, -0.1) is 0 Å². The summed E-state index contributed by atoms with van der Waals surface area (Å²) < 4.78 is 63.2. The maximum absolute atomic E-state index is 11.7. The molecule has 8 nitrogen and oxygen atoms in total. The van der Waals surface area contributed by atoms with Crippen molar-refractivity contribution in [3.05, 3.63) is 46.1 Å². The van der Waals surface area contributed by atoms with Crippen LogP contribution in [0.3, 0.4) is 0 Å². The Morgan fingerprint density at radius 1 is 1.15 bits per heavy atom. The highest BCUT2D eigenvalue weighted by molar-refractivity contribution is 7.90. The third-order valence-corrected chi connectivity index (χ3v) is 4.74. The highest BCUT2D eigenvalue weighted by Crippen LogP contribution is 2.35. The van der Waals surface area contributed by atoms with Gasteiger partial charge < -0.3 is 5.73 Å². The lowest BCUT2D eigenvalue weighted by molar-refractivity contribution is -0.111. The second-order valence-corrected chi connectivity index (χ2v) is 7.00. The lowest BCUT2D eigenvalue weighted by atomic mass is 9.89. The minimum Gasteiger partial charge on any atom is -0.397 e. The number of carbonyl (C=O) groups excluding carboxylic acids is 1. The fourth-order valence-electron chi connectivity index (χ4n) is 1.99. The Labute approximate surface area is 114 Å². The summed E-state index contributed by atoms with van der Waals surface area (Å²) in [5.74, 6) is -0.720. The van der Waals surface area contributed by atoms with E-state index in [0.717, 1.165) is 6.08 Å². The standard InChI is InChI=1S/C10H9NO7S2/c11-10-8(20(16,17)18)4-7(19(13,14)15)5-2-1-3-6(12)9(5)10/h1-4,7H,11H2,(H,13,14,15)(H,16,17,18). The molecule has 0 amide bonds. The van der Waals surface area contributed by atoms with Crippen molar-refractivity contribution in [2.75, 3.05) is 0 Å². The quantitative estimate of drug-likeness (QED) is 0.565. The van der Waals surface area contributed by atoms with Gasteiger partial charge in [-0.05, 0) is 17.7 Å². The van der Waals surface area contributed by atoms with Gasteiger partial charge in [0.25, 0.3) is 20.2 Å². The normalized spacial score (nSPS) is 23.3. The van der Waals surface area contributed by atoms with Gasteiger partial charge in [-0.25, -0.2) is 0 Å². The van der Waals surface area contributed by atoms with E-state index >= 15 is 0 Å². The van der Waals surface area contributed by atoms with Crippen LogP contribution in [0.25, 0.3) is 0 Å². The zero-order chi connectivity index (χ0) is 15.3. The first kappa shape index (κ1) is 14.7. The predicted molar refractivity (Wildman–Crippen MR) is 68.4 cm³/mol. The topological polar surface area (TPSA) is 152 Å². The van der Waals surface area contributed by atoms with E-state index in [-0.39, 0.29) is 11.1 Å². The van der Waals surface area contributed by atoms with Crippen LogP contribution in [0.4, 0.5) is 0 Å². The van der Waals surface area contributed by atoms with E-state index in [9.17, 15) is 21.6 Å². The molecule has 2 aliphatic rings. The van der Waals surface area contributed by atoms with Gasteiger partial charge in [0.15, 0.2) is 5.78 Å². The van der Waals surface area contributed by atoms with Crippen LogP contribution in [-0.4, -0.2) is 37.0 Å². The van der Waals surface area contributed by atoms with Crippen LogP contribution in [0.1, 0.15) is 0 Å². The Kier molecular flexibility index (Phi) is 3.21. The van der Waals surface area contributed by atoms with Gasteiger partial charge in [0.05, 0.1) is 11.3 Å². The summed E-state index contributed by atoms with van der Waals surface area (Å²) in [4.78, 5) is 10.8. The third-order valence-electron chi connectivity index (χ3n) is 2.80. The Bertz CT molecular complexity index is 825. The summed E-state index contributed by atoms with van der Waals surface area (Å²) in [6, 6.07) is 0. The van der Waals surface area contributed by atoms with E-state index in [1.807, 2.05) is 0 Å². The van der Waals surface area contributed by atoms with Crippen LogP contribution in [0.15, 0.2) is 46.1 Å². The van der Waals surface area contributed by atoms with E-state index < -0.39 is 41.9 Å². The first-order chi connectivity index (χ1) is 9.03. The summed E-state index contributed by atoms with van der Waals surface area (Å²) >= 11 is 0. The Balaban J connectivity index is 2.83. The fraction of sp³-hybridized carbons (Fsp3) is 0.100. The molecular weight excluding hydrogens is 310 g/mol. The van der Waals surface area contributed by atoms with Crippen LogP contribution in [0, 0.1) is 0 Å². The van der Waals surface area contributed by atoms with Crippen molar-refractivity contribution in [2.24, 2.45) is 5.73 Å². The molecule has 2 aliphatic carbocycles. The Morgan fingerprint density at radius 2 is 1.75 bits per heavy atom. The fourth-order valence-corrected chi connectivity index (χ4v) is 3.58. The number of hydrogen-bond donors (Lipinski definition) is 3. The van der Waals surface area contributed by atoms with Crippen molar-refractivity contribution < 1.29 is 30.7 Å². The number of nitrogens with two attached hydrogens (primary N) is 1. The SMILES string of the molecule is NC1=C2C(=O)C=CC=C2C(S(=O)(=O)O)C=C1S(=O)(=O)O. The van der Waals surface area contributed by atoms with Gasteiger partial charge in [-0.1, -0.05) is 12.2 Å². The maximum atomic E-state index is 11.7. The maximum Gasteiger partial charge on any atom is 0.296 e. The molecule has 0 aromatic heterocycles. The van der Waals surface area contributed by atoms with Crippen LogP contribution in [0.2, 0.25) is 0 Å². The van der Waals surface area contributed by atoms with Crippen molar-refractivity contribution in [2.45, 2.75) is 5.25 Å². The molecule has 1 unspecified atom stereocenters. The summed E-state index contributed by atoms with van der Waals surface area (Å²) in [6.07, 6.45) is 4.11. The summed E-state index contributed by atoms with van der Waals surface area (Å²) in [7, 11) is -9.58. The van der Waals surface area contributed by atoms with Gasteiger partial charge in [0.2, 0.25) is 0 Å². The molecule has 0 heterocycles. The van der Waals surface area contributed by atoms with Crippen LogP contribution >= 0.6 is 0 Å². The number of ketones is 1. The lowest BCUT2D eigenvalue weighted by Gasteiger charge is -2.25. The summed E-state index contributed by atoms with van der Waals surface area (Å²) in [6.45, 7) is 0. The average Bonchev–Trinajstić information content (AvgIpc) is 2.25. The van der Waals surface area contributed by atoms with E-state index in [2.05, 4.69) is 0 Å². The number of rotatable bonds is 2. The van der Waals surface area contributed by atoms with Gasteiger partial charge in [-0.2, -0.15) is 16.8 Å². The van der Waals surface area contributed by atoms with E-state index in [1.165, 1.54) is 12.2 Å². The zero-order valence-corrected chi connectivity index (χ0v) is 11.3. The number of fused-ring (bicyclic) bond motifs is 1. The predicted octanol–water partition coefficient (Wildman–Crippen LogP) is -0.694. The molecule has 2 rings (SSSR count). The molecule has 1 atom stereocenters. The van der Waals surface area contributed by atoms with Crippen molar-refractivity contribution in [3.63, 3.8) is 0 Å². The summed E-state index contributed by atoms with van der Waals surface area (Å²) in [5, 5.41) is -1.80. The average molecular weight is 319 g/mol. The van der Waals surface area contributed by atoms with Crippen LogP contribution in [0.5, 0.6) is 0 Å². The zero-order valence-electron chi connectivity index (χ0n) is 9.72. The minimum absolute atomic E-state index is 0.148. The molecule has 108 valence electrons. The first-order valence-corrected chi connectivity index (χ1v) is 8.06. The van der Waals surface area contributed by atoms with Crippen LogP contribution in [-0.2, 0) is 25.0 Å². The second-order valence-electron chi connectivity index (χ2n) is 4.08. The largest absolute Gasteiger partial charge is 0.397 e. The molecular formula is C10H9NO7S2. The molecule has 0 spiro atoms. The Hall–Kier alpha value is -1.75. The summed E-state index contributed by atoms with van der Waals surface area (Å²) in [5.41, 5.74) is 4.44. The van der Waals surface area contributed by atoms with Crippen molar-refractivity contribution in [1.82, 2.24) is 0 Å². The van der Waals surface area contributed by atoms with Gasteiger partial charge in [0, 0.05) is 0 Å². The number of carbonyl (C=O) groups is 1. The monoisotopic (exact) mass is 319 g/mol. The van der Waals surface area contributed by atoms with E-state index in [0.29, 0.717) is 6.08 Å². The molecule has 10 heteroatoms. The minimum atomic E-state index is -4.84. The number of hydrogen-bond acceptors (Lipinski definition) is 6. The molecule has 0 aromatic rings. The van der Waals surface area contributed by atoms with E-state index in [1.54, 1.807) is 0 Å². The molecule has 20 heavy (non-hydrogen) atoms. The number of allylic oxidation sites excluding steroid dienone is 4. The Morgan fingerprint density at radius 3 is 2.25 bits per heavy atom. The van der Waals surface area contributed by atoms with Gasteiger partial charge in [0.1, 0.15) is 10.2 Å². The van der Waals surface area contributed by atoms with E-state index in [4.69, 9.17) is 14.8 Å². The van der Waals surface area contributed by atoms with Crippen molar-refractivity contribution in [1.29, 1.82) is 0 Å². The molecule has 4 N–H and O–H groups in total. The van der Waals surface area contributed by atoms with Crippen LogP contribution < -0.4 is 5.73 Å². The van der Waals surface area contributed by atoms with Gasteiger partial charge >= 0.3 is 0 Å². The highest BCUT2D eigenvalue weighted by atomic mass is 32.2. The molecule has 0 fully saturated rings. The van der Waals surface area contributed by atoms with Crippen molar-refractivity contribution in [3.8, 4) is 0 Å². The first-order valence-electron chi connectivity index (χ1n) is 5.12. The second kappa shape index (κ2) is 4.38. The molecule has 0 bridgehead atoms.